The molecule has 0 bridgehead atoms. The summed E-state index contributed by atoms with van der Waals surface area (Å²) in [6.45, 7) is 10.8. The number of amides is 1. The van der Waals surface area contributed by atoms with E-state index in [1.165, 1.54) is 0 Å². The molecule has 114 valence electrons. The number of nitrogens with two attached hydrogens (primary N) is 1. The number of carbonyl (C=O) groups is 1. The second-order valence-corrected chi connectivity index (χ2v) is 6.26. The topological polar surface area (TPSA) is 58.4 Å². The van der Waals surface area contributed by atoms with Crippen molar-refractivity contribution in [3.63, 3.8) is 0 Å². The Hall–Kier alpha value is -0.320. The highest BCUT2D eigenvalue weighted by Crippen LogP contribution is 2.19. The van der Waals surface area contributed by atoms with Crippen LogP contribution >= 0.6 is 12.4 Å². The van der Waals surface area contributed by atoms with E-state index in [2.05, 4.69) is 37.9 Å². The summed E-state index contributed by atoms with van der Waals surface area (Å²) in [6.07, 6.45) is 3.18. The Morgan fingerprint density at radius 1 is 1.42 bits per heavy atom. The minimum absolute atomic E-state index is 0. The fraction of sp³-hybridized carbons (Fsp3) is 0.929. The third-order valence-electron chi connectivity index (χ3n) is 4.10. The third-order valence-corrected chi connectivity index (χ3v) is 4.10. The van der Waals surface area contributed by atoms with Crippen molar-refractivity contribution in [1.82, 2.24) is 10.2 Å². The van der Waals surface area contributed by atoms with Gasteiger partial charge in [-0.1, -0.05) is 6.92 Å². The molecule has 1 atom stereocenters. The third kappa shape index (κ3) is 6.59. The van der Waals surface area contributed by atoms with E-state index in [9.17, 15) is 4.79 Å². The van der Waals surface area contributed by atoms with Gasteiger partial charge in [0, 0.05) is 11.6 Å². The Morgan fingerprint density at radius 2 is 1.95 bits per heavy atom. The largest absolute Gasteiger partial charge is 0.350 e. The van der Waals surface area contributed by atoms with Crippen LogP contribution in [0.25, 0.3) is 0 Å². The number of hydrogen-bond acceptors (Lipinski definition) is 3. The minimum atomic E-state index is -0.0961. The summed E-state index contributed by atoms with van der Waals surface area (Å²) < 4.78 is 0. The molecule has 0 aromatic heterocycles. The Kier molecular flexibility index (Phi) is 7.94. The molecule has 0 radical (unpaired) electrons. The van der Waals surface area contributed by atoms with Gasteiger partial charge in [0.1, 0.15) is 0 Å². The first-order valence-electron chi connectivity index (χ1n) is 7.13. The van der Waals surface area contributed by atoms with Crippen LogP contribution in [0.1, 0.15) is 47.0 Å². The maximum absolute atomic E-state index is 11.9. The summed E-state index contributed by atoms with van der Waals surface area (Å²) >= 11 is 0. The lowest BCUT2D eigenvalue weighted by Crippen LogP contribution is -2.49. The number of piperidine rings is 1. The molecule has 1 unspecified atom stereocenters. The van der Waals surface area contributed by atoms with E-state index in [1.54, 1.807) is 0 Å². The van der Waals surface area contributed by atoms with Gasteiger partial charge in [-0.15, -0.1) is 12.4 Å². The summed E-state index contributed by atoms with van der Waals surface area (Å²) in [7, 11) is 0. The molecule has 3 N–H and O–H groups in total. The smallest absolute Gasteiger partial charge is 0.234 e. The van der Waals surface area contributed by atoms with Crippen molar-refractivity contribution in [3.8, 4) is 0 Å². The number of rotatable bonds is 5. The van der Waals surface area contributed by atoms with Crippen molar-refractivity contribution >= 4 is 18.3 Å². The standard InChI is InChI=1S/C14H29N3O.ClH/c1-5-14(3,4)16-13(18)10-17-8-6-12(7-9-17)11(2)15;/h11-12H,5-10,15H2,1-4H3,(H,16,18);1H. The second kappa shape index (κ2) is 8.08. The van der Waals surface area contributed by atoms with Crippen LogP contribution in [0, 0.1) is 5.92 Å². The van der Waals surface area contributed by atoms with Gasteiger partial charge in [-0.3, -0.25) is 9.69 Å². The number of carbonyl (C=O) groups excluding carboxylic acids is 1. The molecule has 0 saturated carbocycles. The SMILES string of the molecule is CCC(C)(C)NC(=O)CN1CCC(C(C)N)CC1.Cl. The quantitative estimate of drug-likeness (QED) is 0.812. The van der Waals surface area contributed by atoms with Gasteiger partial charge in [0.05, 0.1) is 6.54 Å². The number of halogens is 1. The number of likely N-dealkylation sites (tertiary alicyclic amines) is 1. The zero-order chi connectivity index (χ0) is 13.8. The van der Waals surface area contributed by atoms with Crippen LogP contribution in [0.5, 0.6) is 0 Å². The van der Waals surface area contributed by atoms with Gasteiger partial charge in [-0.2, -0.15) is 0 Å². The summed E-state index contributed by atoms with van der Waals surface area (Å²) in [5, 5.41) is 3.08. The Morgan fingerprint density at radius 3 is 2.37 bits per heavy atom. The Balaban J connectivity index is 0.00000324. The van der Waals surface area contributed by atoms with Crippen molar-refractivity contribution in [1.29, 1.82) is 0 Å². The summed E-state index contributed by atoms with van der Waals surface area (Å²) in [5.41, 5.74) is 5.82. The maximum Gasteiger partial charge on any atom is 0.234 e. The van der Waals surface area contributed by atoms with Gasteiger partial charge in [-0.25, -0.2) is 0 Å². The molecule has 0 aromatic carbocycles. The maximum atomic E-state index is 11.9. The van der Waals surface area contributed by atoms with Crippen LogP contribution in [0.2, 0.25) is 0 Å². The van der Waals surface area contributed by atoms with Crippen molar-refractivity contribution < 1.29 is 4.79 Å². The number of hydrogen-bond donors (Lipinski definition) is 2. The van der Waals surface area contributed by atoms with Gasteiger partial charge in [0.15, 0.2) is 0 Å². The zero-order valence-corrected chi connectivity index (χ0v) is 13.6. The van der Waals surface area contributed by atoms with Crippen LogP contribution < -0.4 is 11.1 Å². The van der Waals surface area contributed by atoms with Gasteiger partial charge >= 0.3 is 0 Å². The summed E-state index contributed by atoms with van der Waals surface area (Å²) in [6, 6.07) is 0.278. The van der Waals surface area contributed by atoms with Gasteiger partial charge < -0.3 is 11.1 Å². The summed E-state index contributed by atoms with van der Waals surface area (Å²) in [4.78, 5) is 14.2. The zero-order valence-electron chi connectivity index (χ0n) is 12.7. The second-order valence-electron chi connectivity index (χ2n) is 6.26. The van der Waals surface area contributed by atoms with Crippen LogP contribution in [-0.2, 0) is 4.79 Å². The average Bonchev–Trinajstić information content (AvgIpc) is 2.29. The lowest BCUT2D eigenvalue weighted by molar-refractivity contribution is -0.124. The lowest BCUT2D eigenvalue weighted by Gasteiger charge is -2.34. The Labute approximate surface area is 123 Å². The fourth-order valence-electron chi connectivity index (χ4n) is 2.35. The average molecular weight is 292 g/mol. The monoisotopic (exact) mass is 291 g/mol. The molecule has 4 nitrogen and oxygen atoms in total. The molecule has 1 aliphatic heterocycles. The molecule has 1 saturated heterocycles. The number of nitrogens with one attached hydrogen (secondary N) is 1. The molecule has 1 fully saturated rings. The van der Waals surface area contributed by atoms with Crippen LogP contribution in [0.3, 0.4) is 0 Å². The molecule has 1 amide bonds. The first-order chi connectivity index (χ1) is 8.34. The molecule has 0 aromatic rings. The van der Waals surface area contributed by atoms with E-state index >= 15 is 0 Å². The molecule has 0 aliphatic carbocycles. The Bertz CT molecular complexity index is 274. The summed E-state index contributed by atoms with van der Waals surface area (Å²) in [5.74, 6) is 0.762. The van der Waals surface area contributed by atoms with Gasteiger partial charge in [-0.05, 0) is 59.0 Å². The van der Waals surface area contributed by atoms with Crippen molar-refractivity contribution in [2.75, 3.05) is 19.6 Å². The first-order valence-corrected chi connectivity index (χ1v) is 7.13. The molecule has 1 rings (SSSR count). The first kappa shape index (κ1) is 18.7. The van der Waals surface area contributed by atoms with Gasteiger partial charge in [0.2, 0.25) is 5.91 Å². The predicted octanol–water partition coefficient (Wildman–Crippen LogP) is 1.77. The fourth-order valence-corrected chi connectivity index (χ4v) is 2.35. The van der Waals surface area contributed by atoms with Crippen molar-refractivity contribution in [2.24, 2.45) is 11.7 Å². The molecule has 1 heterocycles. The number of nitrogens with zero attached hydrogens (tertiary/aromatic N) is 1. The van der Waals surface area contributed by atoms with E-state index in [4.69, 9.17) is 5.73 Å². The van der Waals surface area contributed by atoms with Gasteiger partial charge in [0.25, 0.3) is 0 Å². The minimum Gasteiger partial charge on any atom is -0.350 e. The predicted molar refractivity (Wildman–Crippen MR) is 82.6 cm³/mol. The molecule has 19 heavy (non-hydrogen) atoms. The van der Waals surface area contributed by atoms with E-state index in [-0.39, 0.29) is 29.9 Å². The van der Waals surface area contributed by atoms with Crippen molar-refractivity contribution in [2.45, 2.75) is 58.5 Å². The molecule has 0 spiro atoms. The molecule has 5 heteroatoms. The highest BCUT2D eigenvalue weighted by molar-refractivity contribution is 5.85. The van der Waals surface area contributed by atoms with E-state index in [1.807, 2.05) is 0 Å². The highest BCUT2D eigenvalue weighted by Gasteiger charge is 2.24. The molecular formula is C14H30ClN3O. The molecular weight excluding hydrogens is 262 g/mol. The highest BCUT2D eigenvalue weighted by atomic mass is 35.5. The van der Waals surface area contributed by atoms with Crippen LogP contribution in [0.15, 0.2) is 0 Å². The normalized spacial score (nSPS) is 19.6. The van der Waals surface area contributed by atoms with E-state index in [0.29, 0.717) is 12.5 Å². The van der Waals surface area contributed by atoms with E-state index in [0.717, 1.165) is 32.4 Å². The van der Waals surface area contributed by atoms with Crippen LogP contribution in [-0.4, -0.2) is 42.0 Å². The van der Waals surface area contributed by atoms with E-state index < -0.39 is 0 Å². The van der Waals surface area contributed by atoms with Crippen LogP contribution in [0.4, 0.5) is 0 Å². The van der Waals surface area contributed by atoms with Crippen molar-refractivity contribution in [3.05, 3.63) is 0 Å². The lowest BCUT2D eigenvalue weighted by atomic mass is 9.91. The molecule has 1 aliphatic rings.